The molecule has 112 valence electrons. The Hall–Kier alpha value is -0.160. The van der Waals surface area contributed by atoms with Crippen LogP contribution in [0.3, 0.4) is 0 Å². The van der Waals surface area contributed by atoms with Crippen molar-refractivity contribution in [3.63, 3.8) is 0 Å². The van der Waals surface area contributed by atoms with Crippen molar-refractivity contribution in [2.75, 3.05) is 46.5 Å². The van der Waals surface area contributed by atoms with Crippen LogP contribution in [0.2, 0.25) is 0 Å². The van der Waals surface area contributed by atoms with E-state index in [0.29, 0.717) is 18.1 Å². The van der Waals surface area contributed by atoms with Crippen molar-refractivity contribution in [1.82, 2.24) is 10.2 Å². The molecule has 2 heterocycles. The molecule has 3 unspecified atom stereocenters. The lowest BCUT2D eigenvalue weighted by molar-refractivity contribution is -0.00399. The van der Waals surface area contributed by atoms with Crippen LogP contribution in [0, 0.1) is 5.92 Å². The molecule has 19 heavy (non-hydrogen) atoms. The molecule has 2 aliphatic heterocycles. The van der Waals surface area contributed by atoms with E-state index in [1.54, 1.807) is 0 Å². The van der Waals surface area contributed by atoms with Gasteiger partial charge in [0.1, 0.15) is 0 Å². The highest BCUT2D eigenvalue weighted by Crippen LogP contribution is 2.17. The van der Waals surface area contributed by atoms with E-state index in [-0.39, 0.29) is 0 Å². The highest BCUT2D eigenvalue weighted by molar-refractivity contribution is 4.83. The highest BCUT2D eigenvalue weighted by atomic mass is 16.5. The first kappa shape index (κ1) is 15.2. The Kier molecular flexibility index (Phi) is 6.57. The van der Waals surface area contributed by atoms with Gasteiger partial charge in [-0.2, -0.15) is 0 Å². The molecule has 4 heteroatoms. The standard InChI is InChI=1S/C15H30N2O2/c1-3-7-16-15-12-18-11-13(15)9-17(2)10-14-6-4-5-8-19-14/h13-16H,3-12H2,1-2H3. The van der Waals surface area contributed by atoms with Gasteiger partial charge in [-0.05, 0) is 39.3 Å². The molecule has 0 aromatic rings. The van der Waals surface area contributed by atoms with E-state index in [9.17, 15) is 0 Å². The van der Waals surface area contributed by atoms with Crippen LogP contribution < -0.4 is 5.32 Å². The largest absolute Gasteiger partial charge is 0.379 e. The van der Waals surface area contributed by atoms with Gasteiger partial charge in [0.2, 0.25) is 0 Å². The Morgan fingerprint density at radius 1 is 1.21 bits per heavy atom. The average Bonchev–Trinajstić information content (AvgIpc) is 2.84. The first-order chi connectivity index (χ1) is 9.29. The lowest BCUT2D eigenvalue weighted by Crippen LogP contribution is -2.43. The molecule has 3 atom stereocenters. The molecule has 2 fully saturated rings. The van der Waals surface area contributed by atoms with Gasteiger partial charge in [0.25, 0.3) is 0 Å². The van der Waals surface area contributed by atoms with Gasteiger partial charge < -0.3 is 19.7 Å². The second kappa shape index (κ2) is 8.20. The Labute approximate surface area is 117 Å². The summed E-state index contributed by atoms with van der Waals surface area (Å²) in [5.41, 5.74) is 0. The van der Waals surface area contributed by atoms with Gasteiger partial charge in [-0.25, -0.2) is 0 Å². The Morgan fingerprint density at radius 3 is 2.84 bits per heavy atom. The molecular weight excluding hydrogens is 240 g/mol. The molecule has 0 spiro atoms. The number of likely N-dealkylation sites (N-methyl/N-ethyl adjacent to an activating group) is 1. The van der Waals surface area contributed by atoms with Crippen molar-refractivity contribution in [3.8, 4) is 0 Å². The molecule has 0 saturated carbocycles. The van der Waals surface area contributed by atoms with Crippen molar-refractivity contribution in [3.05, 3.63) is 0 Å². The number of nitrogens with zero attached hydrogens (tertiary/aromatic N) is 1. The summed E-state index contributed by atoms with van der Waals surface area (Å²) in [6, 6.07) is 0.537. The normalized spacial score (nSPS) is 32.1. The third-order valence-corrected chi connectivity index (χ3v) is 4.19. The van der Waals surface area contributed by atoms with Crippen LogP contribution in [-0.4, -0.2) is 63.5 Å². The Bertz CT molecular complexity index is 244. The monoisotopic (exact) mass is 270 g/mol. The number of nitrogens with one attached hydrogen (secondary N) is 1. The number of hydrogen-bond acceptors (Lipinski definition) is 4. The van der Waals surface area contributed by atoms with E-state index in [1.807, 2.05) is 0 Å². The highest BCUT2D eigenvalue weighted by Gasteiger charge is 2.29. The van der Waals surface area contributed by atoms with E-state index in [2.05, 4.69) is 24.2 Å². The fraction of sp³-hybridized carbons (Fsp3) is 1.00. The molecule has 0 aliphatic carbocycles. The van der Waals surface area contributed by atoms with E-state index in [1.165, 1.54) is 25.7 Å². The third kappa shape index (κ3) is 5.03. The van der Waals surface area contributed by atoms with Crippen molar-refractivity contribution in [2.45, 2.75) is 44.8 Å². The lowest BCUT2D eigenvalue weighted by Gasteiger charge is -2.30. The molecule has 2 rings (SSSR count). The maximum Gasteiger partial charge on any atom is 0.0701 e. The zero-order valence-electron chi connectivity index (χ0n) is 12.6. The van der Waals surface area contributed by atoms with Crippen molar-refractivity contribution in [2.24, 2.45) is 5.92 Å². The summed E-state index contributed by atoms with van der Waals surface area (Å²) >= 11 is 0. The van der Waals surface area contributed by atoms with Crippen LogP contribution in [0.5, 0.6) is 0 Å². The summed E-state index contributed by atoms with van der Waals surface area (Å²) < 4.78 is 11.5. The second-order valence-corrected chi connectivity index (χ2v) is 6.07. The van der Waals surface area contributed by atoms with Crippen LogP contribution >= 0.6 is 0 Å². The van der Waals surface area contributed by atoms with Crippen LogP contribution in [0.1, 0.15) is 32.6 Å². The fourth-order valence-corrected chi connectivity index (χ4v) is 3.11. The lowest BCUT2D eigenvalue weighted by atomic mass is 10.0. The average molecular weight is 270 g/mol. The molecule has 0 aromatic heterocycles. The molecule has 0 aromatic carbocycles. The number of hydrogen-bond donors (Lipinski definition) is 1. The summed E-state index contributed by atoms with van der Waals surface area (Å²) in [6.45, 7) is 8.21. The van der Waals surface area contributed by atoms with Crippen LogP contribution in [0.15, 0.2) is 0 Å². The Morgan fingerprint density at radius 2 is 2.11 bits per heavy atom. The van der Waals surface area contributed by atoms with Crippen LogP contribution in [0.4, 0.5) is 0 Å². The van der Waals surface area contributed by atoms with Crippen molar-refractivity contribution >= 4 is 0 Å². The summed E-state index contributed by atoms with van der Waals surface area (Å²) in [5, 5.41) is 3.61. The fourth-order valence-electron chi connectivity index (χ4n) is 3.11. The minimum atomic E-state index is 0.447. The second-order valence-electron chi connectivity index (χ2n) is 6.07. The summed E-state index contributed by atoms with van der Waals surface area (Å²) in [7, 11) is 2.22. The third-order valence-electron chi connectivity index (χ3n) is 4.19. The van der Waals surface area contributed by atoms with Crippen LogP contribution in [-0.2, 0) is 9.47 Å². The minimum Gasteiger partial charge on any atom is -0.379 e. The summed E-state index contributed by atoms with van der Waals surface area (Å²) in [4.78, 5) is 2.43. The topological polar surface area (TPSA) is 33.7 Å². The molecule has 0 amide bonds. The maximum atomic E-state index is 5.82. The molecule has 4 nitrogen and oxygen atoms in total. The van der Waals surface area contributed by atoms with Gasteiger partial charge in [0.15, 0.2) is 0 Å². The molecule has 0 bridgehead atoms. The number of rotatable bonds is 7. The zero-order valence-corrected chi connectivity index (χ0v) is 12.6. The smallest absolute Gasteiger partial charge is 0.0701 e. The SMILES string of the molecule is CCCNC1COCC1CN(C)CC1CCCCO1. The first-order valence-electron chi connectivity index (χ1n) is 7.91. The molecule has 2 aliphatic rings. The predicted octanol–water partition coefficient (Wildman–Crippen LogP) is 1.50. The van der Waals surface area contributed by atoms with Gasteiger partial charge in [0, 0.05) is 31.7 Å². The predicted molar refractivity (Wildman–Crippen MR) is 77.5 cm³/mol. The molecule has 1 N–H and O–H groups in total. The van der Waals surface area contributed by atoms with Gasteiger partial charge >= 0.3 is 0 Å². The Balaban J connectivity index is 1.69. The van der Waals surface area contributed by atoms with E-state index in [4.69, 9.17) is 9.47 Å². The molecule has 2 saturated heterocycles. The first-order valence-corrected chi connectivity index (χ1v) is 7.91. The van der Waals surface area contributed by atoms with E-state index in [0.717, 1.165) is 39.5 Å². The van der Waals surface area contributed by atoms with Gasteiger partial charge in [-0.3, -0.25) is 0 Å². The van der Waals surface area contributed by atoms with Gasteiger partial charge in [-0.1, -0.05) is 6.92 Å². The summed E-state index contributed by atoms with van der Waals surface area (Å²) in [6.07, 6.45) is 5.42. The summed E-state index contributed by atoms with van der Waals surface area (Å²) in [5.74, 6) is 0.625. The van der Waals surface area contributed by atoms with E-state index < -0.39 is 0 Å². The number of ether oxygens (including phenoxy) is 2. The van der Waals surface area contributed by atoms with Gasteiger partial charge in [-0.15, -0.1) is 0 Å². The van der Waals surface area contributed by atoms with Gasteiger partial charge in [0.05, 0.1) is 19.3 Å². The zero-order chi connectivity index (χ0) is 13.5. The van der Waals surface area contributed by atoms with E-state index >= 15 is 0 Å². The quantitative estimate of drug-likeness (QED) is 0.760. The minimum absolute atomic E-state index is 0.447. The maximum absolute atomic E-state index is 5.82. The van der Waals surface area contributed by atoms with Crippen molar-refractivity contribution < 1.29 is 9.47 Å². The van der Waals surface area contributed by atoms with Crippen molar-refractivity contribution in [1.29, 1.82) is 0 Å². The molecular formula is C15H30N2O2. The van der Waals surface area contributed by atoms with Crippen LogP contribution in [0.25, 0.3) is 0 Å². The molecule has 0 radical (unpaired) electrons.